The summed E-state index contributed by atoms with van der Waals surface area (Å²) in [5.74, 6) is 0.718. The van der Waals surface area contributed by atoms with Gasteiger partial charge in [0.05, 0.1) is 0 Å². The van der Waals surface area contributed by atoms with Crippen LogP contribution >= 0.6 is 0 Å². The molecule has 2 aromatic carbocycles. The Morgan fingerprint density at radius 3 is 1.33 bits per heavy atom. The van der Waals surface area contributed by atoms with E-state index in [4.69, 9.17) is 0 Å². The zero-order chi connectivity index (χ0) is 19.1. The highest BCUT2D eigenvalue weighted by Gasteiger charge is 2.42. The highest BCUT2D eigenvalue weighted by Crippen LogP contribution is 2.56. The molecule has 0 aliphatic heterocycles. The molecular formula is C26H29N. The minimum atomic E-state index is 0.172. The van der Waals surface area contributed by atoms with E-state index in [1.165, 1.54) is 44.5 Å². The Kier molecular flexibility index (Phi) is 3.22. The van der Waals surface area contributed by atoms with E-state index in [-0.39, 0.29) is 10.8 Å². The number of aromatic amines is 1. The molecule has 6 rings (SSSR count). The number of rotatable bonds is 0. The molecule has 0 unspecified atom stereocenters. The maximum absolute atomic E-state index is 3.40. The molecule has 27 heavy (non-hydrogen) atoms. The van der Waals surface area contributed by atoms with Crippen molar-refractivity contribution in [2.24, 2.45) is 0 Å². The number of hydrogen-bond donors (Lipinski definition) is 1. The maximum Gasteiger partial charge on any atom is 0.0364 e. The molecule has 0 saturated heterocycles. The average molecular weight is 356 g/mol. The van der Waals surface area contributed by atoms with Gasteiger partial charge in [-0.1, -0.05) is 77.9 Å². The van der Waals surface area contributed by atoms with Gasteiger partial charge in [0.25, 0.3) is 0 Å². The Hall–Kier alpha value is -2.28. The molecule has 2 bridgehead atoms. The summed E-state index contributed by atoms with van der Waals surface area (Å²) in [5, 5.41) is 0. The quantitative estimate of drug-likeness (QED) is 0.322. The Balaban J connectivity index is 1.77. The fraction of sp³-hybridized carbons (Fsp3) is 0.385. The fourth-order valence-electron chi connectivity index (χ4n) is 5.00. The number of hydrogen-bond acceptors (Lipinski definition) is 0. The third kappa shape index (κ3) is 2.30. The molecule has 2 atom stereocenters. The molecule has 1 N–H and O–H groups in total. The van der Waals surface area contributed by atoms with E-state index in [9.17, 15) is 0 Å². The van der Waals surface area contributed by atoms with Crippen LogP contribution in [0.25, 0.3) is 0 Å². The average Bonchev–Trinajstić information content (AvgIpc) is 3.08. The molecule has 1 nitrogen and oxygen atoms in total. The summed E-state index contributed by atoms with van der Waals surface area (Å²) in [4.78, 5) is 3.40. The second-order valence-corrected chi connectivity index (χ2v) is 10.4. The smallest absolute Gasteiger partial charge is 0.0364 e. The van der Waals surface area contributed by atoms with E-state index in [2.05, 4.69) is 95.3 Å². The van der Waals surface area contributed by atoms with Crippen molar-refractivity contribution in [1.29, 1.82) is 0 Å². The normalized spacial score (nSPS) is 20.2. The van der Waals surface area contributed by atoms with Crippen LogP contribution in [0.15, 0.2) is 48.8 Å². The van der Waals surface area contributed by atoms with Gasteiger partial charge < -0.3 is 4.98 Å². The van der Waals surface area contributed by atoms with Gasteiger partial charge in [0, 0.05) is 24.2 Å². The van der Waals surface area contributed by atoms with E-state index < -0.39 is 0 Å². The lowest BCUT2D eigenvalue weighted by atomic mass is 9.61. The lowest BCUT2D eigenvalue weighted by Crippen LogP contribution is -2.28. The highest BCUT2D eigenvalue weighted by atomic mass is 14.7. The van der Waals surface area contributed by atoms with Crippen LogP contribution in [0.2, 0.25) is 0 Å². The van der Waals surface area contributed by atoms with Crippen LogP contribution in [-0.2, 0) is 10.8 Å². The van der Waals surface area contributed by atoms with Crippen molar-refractivity contribution in [3.63, 3.8) is 0 Å². The molecule has 3 aliphatic rings. The third-order valence-electron chi connectivity index (χ3n) is 6.58. The topological polar surface area (TPSA) is 15.8 Å². The third-order valence-corrected chi connectivity index (χ3v) is 6.58. The van der Waals surface area contributed by atoms with Crippen molar-refractivity contribution in [1.82, 2.24) is 4.98 Å². The van der Waals surface area contributed by atoms with E-state index in [1.54, 1.807) is 0 Å². The number of aromatic nitrogens is 1. The van der Waals surface area contributed by atoms with Gasteiger partial charge in [0.15, 0.2) is 0 Å². The minimum Gasteiger partial charge on any atom is -0.367 e. The number of benzene rings is 2. The minimum absolute atomic E-state index is 0.172. The van der Waals surface area contributed by atoms with Crippen molar-refractivity contribution in [2.45, 2.75) is 64.2 Å². The summed E-state index contributed by atoms with van der Waals surface area (Å²) < 4.78 is 0. The Labute approximate surface area is 162 Å². The van der Waals surface area contributed by atoms with Gasteiger partial charge in [-0.3, -0.25) is 0 Å². The second kappa shape index (κ2) is 5.16. The Bertz CT molecular complexity index is 969. The largest absolute Gasteiger partial charge is 0.367 e. The summed E-state index contributed by atoms with van der Waals surface area (Å²) in [7, 11) is 0. The molecule has 0 amide bonds. The standard InChI is InChI=1S/C26H29N/c1-25(2,3)15-7-9-17-19(11-15)23-18-10-8-16(26(4,5)6)12-20(18)24(17)22-14-27-13-21(22)23/h7-14,23-24,27H,1-6H3/t23-,24-/m0/s1. The van der Waals surface area contributed by atoms with E-state index in [1.807, 2.05) is 0 Å². The maximum atomic E-state index is 3.40. The van der Waals surface area contributed by atoms with Crippen LogP contribution < -0.4 is 0 Å². The molecule has 138 valence electrons. The van der Waals surface area contributed by atoms with Crippen molar-refractivity contribution in [3.05, 3.63) is 93.3 Å². The molecule has 3 aliphatic carbocycles. The van der Waals surface area contributed by atoms with E-state index in [0.29, 0.717) is 11.8 Å². The Morgan fingerprint density at radius 2 is 0.963 bits per heavy atom. The lowest BCUT2D eigenvalue weighted by molar-refractivity contribution is 0.583. The first-order valence-electron chi connectivity index (χ1n) is 10.1. The first-order valence-corrected chi connectivity index (χ1v) is 10.1. The van der Waals surface area contributed by atoms with Gasteiger partial charge in [0.1, 0.15) is 0 Å². The van der Waals surface area contributed by atoms with Crippen LogP contribution in [0, 0.1) is 0 Å². The van der Waals surface area contributed by atoms with Gasteiger partial charge in [-0.05, 0) is 55.3 Å². The Morgan fingerprint density at radius 1 is 0.556 bits per heavy atom. The predicted octanol–water partition coefficient (Wildman–Crippen LogP) is 6.60. The molecule has 0 fully saturated rings. The summed E-state index contributed by atoms with van der Waals surface area (Å²) in [6.45, 7) is 13.8. The van der Waals surface area contributed by atoms with Crippen molar-refractivity contribution in [3.8, 4) is 0 Å². The summed E-state index contributed by atoms with van der Waals surface area (Å²) in [5.41, 5.74) is 12.2. The molecule has 1 heteroatoms. The highest BCUT2D eigenvalue weighted by molar-refractivity contribution is 5.68. The van der Waals surface area contributed by atoms with Crippen LogP contribution in [0.5, 0.6) is 0 Å². The number of nitrogens with one attached hydrogen (secondary N) is 1. The number of H-pyrrole nitrogens is 1. The molecule has 3 aromatic rings. The monoisotopic (exact) mass is 355 g/mol. The molecule has 1 aromatic heterocycles. The predicted molar refractivity (Wildman–Crippen MR) is 113 cm³/mol. The fourth-order valence-corrected chi connectivity index (χ4v) is 5.00. The SMILES string of the molecule is CC(C)(C)c1ccc2c(c1)[C@@H]1c3ccc(C(C)(C)C)cc3[C@H]2c2c[nH]cc21. The van der Waals surface area contributed by atoms with Crippen molar-refractivity contribution < 1.29 is 0 Å². The molecule has 0 spiro atoms. The second-order valence-electron chi connectivity index (χ2n) is 10.4. The van der Waals surface area contributed by atoms with Crippen LogP contribution in [0.1, 0.15) is 97.9 Å². The van der Waals surface area contributed by atoms with Gasteiger partial charge >= 0.3 is 0 Å². The van der Waals surface area contributed by atoms with Gasteiger partial charge in [-0.25, -0.2) is 0 Å². The van der Waals surface area contributed by atoms with E-state index >= 15 is 0 Å². The van der Waals surface area contributed by atoms with Crippen LogP contribution in [-0.4, -0.2) is 4.98 Å². The first-order chi connectivity index (χ1) is 12.7. The first kappa shape index (κ1) is 16.9. The molecule has 1 heterocycles. The van der Waals surface area contributed by atoms with Gasteiger partial charge in [-0.2, -0.15) is 0 Å². The van der Waals surface area contributed by atoms with Crippen LogP contribution in [0.3, 0.4) is 0 Å². The zero-order valence-electron chi connectivity index (χ0n) is 17.3. The molecular weight excluding hydrogens is 326 g/mol. The summed E-state index contributed by atoms with van der Waals surface area (Å²) in [6.07, 6.45) is 4.45. The van der Waals surface area contributed by atoms with E-state index in [0.717, 1.165) is 0 Å². The van der Waals surface area contributed by atoms with Crippen molar-refractivity contribution >= 4 is 0 Å². The van der Waals surface area contributed by atoms with Gasteiger partial charge in [-0.15, -0.1) is 0 Å². The molecule has 0 radical (unpaired) electrons. The van der Waals surface area contributed by atoms with Gasteiger partial charge in [0.2, 0.25) is 0 Å². The lowest BCUT2D eigenvalue weighted by Gasteiger charge is -2.42. The molecule has 0 saturated carbocycles. The summed E-state index contributed by atoms with van der Waals surface area (Å²) in [6, 6.07) is 14.4. The zero-order valence-corrected chi connectivity index (χ0v) is 17.3. The summed E-state index contributed by atoms with van der Waals surface area (Å²) >= 11 is 0. The van der Waals surface area contributed by atoms with Crippen LogP contribution in [0.4, 0.5) is 0 Å². The van der Waals surface area contributed by atoms with Crippen molar-refractivity contribution in [2.75, 3.05) is 0 Å².